The summed E-state index contributed by atoms with van der Waals surface area (Å²) in [5, 5.41) is 5.43. The quantitative estimate of drug-likeness (QED) is 0.860. The van der Waals surface area contributed by atoms with E-state index in [9.17, 15) is 4.79 Å². The van der Waals surface area contributed by atoms with E-state index in [1.165, 1.54) is 25.9 Å². The Morgan fingerprint density at radius 2 is 2.13 bits per heavy atom. The molecule has 3 saturated heterocycles. The highest BCUT2D eigenvalue weighted by Gasteiger charge is 2.36. The summed E-state index contributed by atoms with van der Waals surface area (Å²) < 4.78 is 2.03. The monoisotopic (exact) mass is 308 g/mol. The second-order valence-electron chi connectivity index (χ2n) is 6.47. The van der Waals surface area contributed by atoms with Crippen LogP contribution in [0.4, 0.5) is 0 Å². The highest BCUT2D eigenvalue weighted by molar-refractivity contribution is 6.04. The van der Waals surface area contributed by atoms with Crippen LogP contribution in [0, 0.1) is 17.8 Å². The van der Waals surface area contributed by atoms with Gasteiger partial charge in [0.25, 0.3) is 5.91 Å². The van der Waals surface area contributed by atoms with Gasteiger partial charge in [0, 0.05) is 17.5 Å². The summed E-state index contributed by atoms with van der Waals surface area (Å²) in [7, 11) is 0. The fraction of sp³-hybridized carbons (Fsp3) is 0.444. The van der Waals surface area contributed by atoms with Gasteiger partial charge in [0.05, 0.1) is 11.6 Å². The average molecular weight is 308 g/mol. The first-order valence-corrected chi connectivity index (χ1v) is 8.14. The van der Waals surface area contributed by atoms with Gasteiger partial charge in [-0.3, -0.25) is 9.48 Å². The van der Waals surface area contributed by atoms with Crippen molar-refractivity contribution < 1.29 is 4.79 Å². The van der Waals surface area contributed by atoms with Crippen LogP contribution < -0.4 is 5.73 Å². The highest BCUT2D eigenvalue weighted by Crippen LogP contribution is 2.37. The van der Waals surface area contributed by atoms with Crippen molar-refractivity contribution >= 4 is 16.8 Å². The van der Waals surface area contributed by atoms with Crippen molar-refractivity contribution in [3.8, 4) is 11.8 Å². The Labute approximate surface area is 135 Å². The number of carbonyl (C=O) groups is 1. The van der Waals surface area contributed by atoms with Gasteiger partial charge >= 0.3 is 0 Å². The number of hydrogen-bond donors (Lipinski definition) is 1. The van der Waals surface area contributed by atoms with Crippen LogP contribution in [0.1, 0.15) is 41.9 Å². The van der Waals surface area contributed by atoms with Crippen LogP contribution in [0.3, 0.4) is 0 Å². The maximum absolute atomic E-state index is 11.8. The number of piperidine rings is 3. The minimum atomic E-state index is -0.468. The van der Waals surface area contributed by atoms with Crippen LogP contribution in [-0.2, 0) is 0 Å². The van der Waals surface area contributed by atoms with Crippen molar-refractivity contribution in [3.05, 3.63) is 29.5 Å². The van der Waals surface area contributed by atoms with Crippen molar-refractivity contribution in [2.75, 3.05) is 19.6 Å². The normalized spacial score (nSPS) is 26.0. The minimum Gasteiger partial charge on any atom is -0.364 e. The lowest BCUT2D eigenvalue weighted by Crippen LogP contribution is -2.48. The molecule has 1 aromatic carbocycles. The van der Waals surface area contributed by atoms with Crippen molar-refractivity contribution in [2.24, 2.45) is 11.7 Å². The Morgan fingerprint density at radius 1 is 1.35 bits per heavy atom. The largest absolute Gasteiger partial charge is 0.364 e. The molecule has 1 aromatic heterocycles. The Balaban J connectivity index is 1.88. The van der Waals surface area contributed by atoms with Crippen LogP contribution >= 0.6 is 0 Å². The molecule has 0 saturated carbocycles. The van der Waals surface area contributed by atoms with Crippen LogP contribution in [-0.4, -0.2) is 40.2 Å². The maximum Gasteiger partial charge on any atom is 0.269 e. The number of primary amides is 1. The molecule has 3 aliphatic heterocycles. The summed E-state index contributed by atoms with van der Waals surface area (Å²) in [6.45, 7) is 5.18. The van der Waals surface area contributed by atoms with Crippen molar-refractivity contribution in [1.29, 1.82) is 0 Å². The molecule has 3 fully saturated rings. The van der Waals surface area contributed by atoms with Crippen LogP contribution in [0.2, 0.25) is 0 Å². The first-order chi connectivity index (χ1) is 11.2. The van der Waals surface area contributed by atoms with Gasteiger partial charge in [-0.1, -0.05) is 5.92 Å². The minimum absolute atomic E-state index is 0.318. The summed E-state index contributed by atoms with van der Waals surface area (Å²) in [4.78, 5) is 14.3. The number of carbonyl (C=O) groups excluding carboxylic acids is 1. The van der Waals surface area contributed by atoms with Gasteiger partial charge in [-0.15, -0.1) is 5.92 Å². The summed E-state index contributed by atoms with van der Waals surface area (Å²) in [6.07, 6.45) is 2.40. The Hall–Kier alpha value is -2.32. The van der Waals surface area contributed by atoms with Crippen LogP contribution in [0.15, 0.2) is 18.2 Å². The molecule has 0 spiro atoms. The molecule has 2 aromatic rings. The predicted molar refractivity (Wildman–Crippen MR) is 89.0 cm³/mol. The standard InChI is InChI=1S/C18H20N4O/c1-2-3-12-4-5-14-15(10-12)22(20-17(14)18(19)23)16-11-21-8-6-13(16)7-9-21/h4-5,10,13,16H,6-9,11H2,1H3,(H2,19,23)/t16-/m1/s1. The lowest BCUT2D eigenvalue weighted by atomic mass is 9.84. The molecule has 2 bridgehead atoms. The van der Waals surface area contributed by atoms with Crippen LogP contribution in [0.5, 0.6) is 0 Å². The SMILES string of the molecule is CC#Cc1ccc2c(C(N)=O)nn([C@@H]3CN4CCC3CC4)c2c1. The third-order valence-corrected chi connectivity index (χ3v) is 5.15. The second kappa shape index (κ2) is 5.39. The van der Waals surface area contributed by atoms with E-state index >= 15 is 0 Å². The Bertz CT molecular complexity index is 834. The van der Waals surface area contributed by atoms with E-state index in [0.717, 1.165) is 23.0 Å². The third kappa shape index (κ3) is 2.30. The van der Waals surface area contributed by atoms with Gasteiger partial charge in [0.2, 0.25) is 0 Å². The molecular weight excluding hydrogens is 288 g/mol. The number of hydrogen-bond acceptors (Lipinski definition) is 3. The Morgan fingerprint density at radius 3 is 2.74 bits per heavy atom. The van der Waals surface area contributed by atoms with E-state index in [0.29, 0.717) is 17.7 Å². The summed E-state index contributed by atoms with van der Waals surface area (Å²) in [6, 6.07) is 6.19. The van der Waals surface area contributed by atoms with Crippen molar-refractivity contribution in [2.45, 2.75) is 25.8 Å². The number of aromatic nitrogens is 2. The predicted octanol–water partition coefficient (Wildman–Crippen LogP) is 1.77. The molecule has 5 rings (SSSR count). The first kappa shape index (κ1) is 14.3. The average Bonchev–Trinajstić information content (AvgIpc) is 2.95. The second-order valence-corrected chi connectivity index (χ2v) is 6.47. The lowest BCUT2D eigenvalue weighted by Gasteiger charge is -2.44. The molecular formula is C18H20N4O. The molecule has 5 nitrogen and oxygen atoms in total. The molecule has 3 aliphatic rings. The number of rotatable bonds is 2. The zero-order valence-corrected chi connectivity index (χ0v) is 13.2. The number of nitrogens with two attached hydrogens (primary N) is 1. The van der Waals surface area contributed by atoms with Gasteiger partial charge in [0.1, 0.15) is 0 Å². The third-order valence-electron chi connectivity index (χ3n) is 5.15. The van der Waals surface area contributed by atoms with Gasteiger partial charge in [-0.25, -0.2) is 0 Å². The zero-order valence-electron chi connectivity index (χ0n) is 13.2. The number of nitrogens with zero attached hydrogens (tertiary/aromatic N) is 3. The number of fused-ring (bicyclic) bond motifs is 4. The number of amides is 1. The Kier molecular flexibility index (Phi) is 3.35. The molecule has 1 atom stereocenters. The fourth-order valence-corrected chi connectivity index (χ4v) is 4.00. The fourth-order valence-electron chi connectivity index (χ4n) is 4.00. The van der Waals surface area contributed by atoms with E-state index < -0.39 is 5.91 Å². The molecule has 1 amide bonds. The smallest absolute Gasteiger partial charge is 0.269 e. The van der Waals surface area contributed by atoms with E-state index in [-0.39, 0.29) is 0 Å². The topological polar surface area (TPSA) is 64.2 Å². The zero-order chi connectivity index (χ0) is 16.0. The molecule has 0 radical (unpaired) electrons. The molecule has 23 heavy (non-hydrogen) atoms. The summed E-state index contributed by atoms with van der Waals surface area (Å²) in [5.41, 5.74) is 7.82. The van der Waals surface area contributed by atoms with Gasteiger partial charge < -0.3 is 10.6 Å². The van der Waals surface area contributed by atoms with E-state index in [4.69, 9.17) is 5.73 Å². The van der Waals surface area contributed by atoms with E-state index in [1.54, 1.807) is 0 Å². The number of benzene rings is 1. The van der Waals surface area contributed by atoms with Gasteiger partial charge in [-0.05, 0) is 57.0 Å². The van der Waals surface area contributed by atoms with Crippen molar-refractivity contribution in [1.82, 2.24) is 14.7 Å². The van der Waals surface area contributed by atoms with Gasteiger partial charge in [0.15, 0.2) is 5.69 Å². The first-order valence-electron chi connectivity index (χ1n) is 8.14. The molecule has 2 N–H and O–H groups in total. The van der Waals surface area contributed by atoms with Gasteiger partial charge in [-0.2, -0.15) is 5.10 Å². The van der Waals surface area contributed by atoms with Crippen LogP contribution in [0.25, 0.3) is 10.9 Å². The molecule has 4 heterocycles. The van der Waals surface area contributed by atoms with E-state index in [2.05, 4.69) is 21.8 Å². The van der Waals surface area contributed by atoms with E-state index in [1.807, 2.05) is 29.8 Å². The maximum atomic E-state index is 11.8. The summed E-state index contributed by atoms with van der Waals surface area (Å²) in [5.74, 6) is 6.17. The molecule has 0 unspecified atom stereocenters. The summed E-state index contributed by atoms with van der Waals surface area (Å²) >= 11 is 0. The molecule has 5 heteroatoms. The lowest BCUT2D eigenvalue weighted by molar-refractivity contribution is 0.0531. The molecule has 118 valence electrons. The highest BCUT2D eigenvalue weighted by atomic mass is 16.1. The molecule has 0 aliphatic carbocycles. The van der Waals surface area contributed by atoms with Crippen molar-refractivity contribution in [3.63, 3.8) is 0 Å².